The number of amides is 1. The van der Waals surface area contributed by atoms with Crippen LogP contribution in [0, 0.1) is 5.82 Å². The first-order chi connectivity index (χ1) is 11.9. The monoisotopic (exact) mass is 346 g/mol. The Morgan fingerprint density at radius 1 is 1.44 bits per heavy atom. The van der Waals surface area contributed by atoms with Crippen LogP contribution in [0.2, 0.25) is 0 Å². The molecular formula is C18H23FN4O2. The van der Waals surface area contributed by atoms with Crippen LogP contribution in [-0.4, -0.2) is 57.5 Å². The number of nitrogens with zero attached hydrogens (tertiary/aromatic N) is 4. The van der Waals surface area contributed by atoms with Crippen LogP contribution in [0.5, 0.6) is 5.75 Å². The van der Waals surface area contributed by atoms with Gasteiger partial charge < -0.3 is 14.6 Å². The number of phenolic OH excluding ortho intramolecular Hbond substituents is 1. The number of hydrogen-bond acceptors (Lipinski definition) is 4. The number of likely N-dealkylation sites (N-methyl/N-ethyl adjacent to an activating group) is 1. The minimum Gasteiger partial charge on any atom is -0.508 e. The molecule has 6 nitrogen and oxygen atoms in total. The van der Waals surface area contributed by atoms with E-state index < -0.39 is 11.4 Å². The van der Waals surface area contributed by atoms with Crippen molar-refractivity contribution in [2.24, 2.45) is 0 Å². The Morgan fingerprint density at radius 2 is 2.24 bits per heavy atom. The van der Waals surface area contributed by atoms with E-state index >= 15 is 0 Å². The van der Waals surface area contributed by atoms with Gasteiger partial charge in [0.2, 0.25) is 5.91 Å². The van der Waals surface area contributed by atoms with Crippen LogP contribution in [-0.2, 0) is 16.9 Å². The van der Waals surface area contributed by atoms with Crippen molar-refractivity contribution in [3.8, 4) is 5.75 Å². The van der Waals surface area contributed by atoms with E-state index in [9.17, 15) is 14.3 Å². The fourth-order valence-electron chi connectivity index (χ4n) is 3.59. The fraction of sp³-hybridized carbons (Fsp3) is 0.444. The van der Waals surface area contributed by atoms with Gasteiger partial charge in [-0.15, -0.1) is 0 Å². The Kier molecular flexibility index (Phi) is 4.76. The number of phenols is 1. The van der Waals surface area contributed by atoms with Gasteiger partial charge in [-0.2, -0.15) is 0 Å². The molecule has 134 valence electrons. The van der Waals surface area contributed by atoms with Crippen molar-refractivity contribution < 1.29 is 14.3 Å². The SMILES string of the molecule is CN(C)C(=O)C1(n2ccnc2)CCCN(Cc2ccc(F)cc2O)C1. The van der Waals surface area contributed by atoms with Crippen LogP contribution in [0.3, 0.4) is 0 Å². The molecule has 0 spiro atoms. The normalized spacial score (nSPS) is 21.2. The molecule has 2 aromatic rings. The van der Waals surface area contributed by atoms with Crippen LogP contribution in [0.15, 0.2) is 36.9 Å². The molecule has 7 heteroatoms. The minimum absolute atomic E-state index is 0.0264. The van der Waals surface area contributed by atoms with Gasteiger partial charge in [0.05, 0.1) is 6.33 Å². The van der Waals surface area contributed by atoms with E-state index in [0.717, 1.165) is 25.5 Å². The van der Waals surface area contributed by atoms with Gasteiger partial charge in [0.25, 0.3) is 0 Å². The topological polar surface area (TPSA) is 61.6 Å². The Balaban J connectivity index is 1.87. The molecular weight excluding hydrogens is 323 g/mol. The van der Waals surface area contributed by atoms with Crippen molar-refractivity contribution in [3.05, 3.63) is 48.3 Å². The van der Waals surface area contributed by atoms with E-state index in [1.165, 1.54) is 6.07 Å². The lowest BCUT2D eigenvalue weighted by atomic mass is 9.86. The highest BCUT2D eigenvalue weighted by Gasteiger charge is 2.44. The number of aromatic hydroxyl groups is 1. The van der Waals surface area contributed by atoms with Gasteiger partial charge in [-0.3, -0.25) is 9.69 Å². The summed E-state index contributed by atoms with van der Waals surface area (Å²) in [7, 11) is 3.51. The van der Waals surface area contributed by atoms with E-state index in [-0.39, 0.29) is 11.7 Å². The first kappa shape index (κ1) is 17.4. The summed E-state index contributed by atoms with van der Waals surface area (Å²) in [6.07, 6.45) is 6.75. The smallest absolute Gasteiger partial charge is 0.249 e. The molecule has 25 heavy (non-hydrogen) atoms. The summed E-state index contributed by atoms with van der Waals surface area (Å²) < 4.78 is 15.1. The first-order valence-electron chi connectivity index (χ1n) is 8.32. The van der Waals surface area contributed by atoms with E-state index in [4.69, 9.17) is 0 Å². The van der Waals surface area contributed by atoms with Crippen LogP contribution >= 0.6 is 0 Å². The number of imidazole rings is 1. The summed E-state index contributed by atoms with van der Waals surface area (Å²) in [5.41, 5.74) is -0.0615. The fourth-order valence-corrected chi connectivity index (χ4v) is 3.59. The highest BCUT2D eigenvalue weighted by Crippen LogP contribution is 2.32. The van der Waals surface area contributed by atoms with E-state index in [2.05, 4.69) is 9.88 Å². The molecule has 1 saturated heterocycles. The minimum atomic E-state index is -0.714. The van der Waals surface area contributed by atoms with Crippen LogP contribution in [0.25, 0.3) is 0 Å². The van der Waals surface area contributed by atoms with E-state index in [1.807, 2.05) is 10.8 Å². The number of benzene rings is 1. The number of halogens is 1. The number of piperidine rings is 1. The van der Waals surface area contributed by atoms with Crippen molar-refractivity contribution in [3.63, 3.8) is 0 Å². The molecule has 1 atom stereocenters. The number of carbonyl (C=O) groups excluding carboxylic acids is 1. The second-order valence-electron chi connectivity index (χ2n) is 6.79. The zero-order valence-corrected chi connectivity index (χ0v) is 14.5. The maximum absolute atomic E-state index is 13.2. The lowest BCUT2D eigenvalue weighted by molar-refractivity contribution is -0.141. The van der Waals surface area contributed by atoms with Crippen LogP contribution in [0.1, 0.15) is 18.4 Å². The van der Waals surface area contributed by atoms with Gasteiger partial charge in [-0.25, -0.2) is 9.37 Å². The molecule has 1 N–H and O–H groups in total. The van der Waals surface area contributed by atoms with Crippen molar-refractivity contribution in [1.82, 2.24) is 19.4 Å². The van der Waals surface area contributed by atoms with Gasteiger partial charge in [0.1, 0.15) is 17.1 Å². The van der Waals surface area contributed by atoms with Gasteiger partial charge in [0, 0.05) is 51.2 Å². The predicted octanol–water partition coefficient (Wildman–Crippen LogP) is 1.81. The lowest BCUT2D eigenvalue weighted by Crippen LogP contribution is -2.57. The zero-order chi connectivity index (χ0) is 18.0. The van der Waals surface area contributed by atoms with Gasteiger partial charge >= 0.3 is 0 Å². The number of rotatable bonds is 4. The highest BCUT2D eigenvalue weighted by atomic mass is 19.1. The molecule has 0 radical (unpaired) electrons. The van der Waals surface area contributed by atoms with Crippen molar-refractivity contribution >= 4 is 5.91 Å². The van der Waals surface area contributed by atoms with Gasteiger partial charge in [-0.1, -0.05) is 6.07 Å². The van der Waals surface area contributed by atoms with Gasteiger partial charge in [-0.05, 0) is 25.5 Å². The summed E-state index contributed by atoms with van der Waals surface area (Å²) in [4.78, 5) is 20.8. The maximum atomic E-state index is 13.2. The Bertz CT molecular complexity index is 748. The standard InChI is InChI=1S/C18H23FN4O2/c1-21(2)17(25)18(23-9-7-20-13-23)6-3-8-22(12-18)11-14-4-5-15(19)10-16(14)24/h4-5,7,9-10,13,24H,3,6,8,11-12H2,1-2H3. The first-order valence-corrected chi connectivity index (χ1v) is 8.32. The maximum Gasteiger partial charge on any atom is 0.249 e. The molecule has 1 amide bonds. The third kappa shape index (κ3) is 3.37. The summed E-state index contributed by atoms with van der Waals surface area (Å²) >= 11 is 0. The van der Waals surface area contributed by atoms with E-state index in [1.54, 1.807) is 37.6 Å². The second-order valence-corrected chi connectivity index (χ2v) is 6.79. The van der Waals surface area contributed by atoms with Gasteiger partial charge in [0.15, 0.2) is 0 Å². The number of hydrogen-bond donors (Lipinski definition) is 1. The Labute approximate surface area is 146 Å². The molecule has 1 unspecified atom stereocenters. The average molecular weight is 346 g/mol. The van der Waals surface area contributed by atoms with Crippen molar-refractivity contribution in [2.75, 3.05) is 27.2 Å². The van der Waals surface area contributed by atoms with Crippen LogP contribution in [0.4, 0.5) is 4.39 Å². The Hall–Kier alpha value is -2.41. The molecule has 1 fully saturated rings. The number of carbonyl (C=O) groups is 1. The molecule has 0 saturated carbocycles. The third-order valence-electron chi connectivity index (χ3n) is 4.79. The molecule has 1 aromatic carbocycles. The largest absolute Gasteiger partial charge is 0.508 e. The van der Waals surface area contributed by atoms with Crippen molar-refractivity contribution in [2.45, 2.75) is 24.9 Å². The summed E-state index contributed by atoms with van der Waals surface area (Å²) in [6, 6.07) is 4.05. The molecule has 1 aliphatic rings. The van der Waals surface area contributed by atoms with Crippen LogP contribution < -0.4 is 0 Å². The van der Waals surface area contributed by atoms with E-state index in [0.29, 0.717) is 18.7 Å². The molecule has 0 aliphatic carbocycles. The third-order valence-corrected chi connectivity index (χ3v) is 4.79. The molecule has 0 bridgehead atoms. The quantitative estimate of drug-likeness (QED) is 0.917. The summed E-state index contributed by atoms with van der Waals surface area (Å²) in [6.45, 7) is 1.79. The Morgan fingerprint density at radius 3 is 2.88 bits per heavy atom. The molecule has 3 rings (SSSR count). The summed E-state index contributed by atoms with van der Waals surface area (Å²) in [5.74, 6) is -0.494. The molecule has 1 aromatic heterocycles. The summed E-state index contributed by atoms with van der Waals surface area (Å²) in [5, 5.41) is 9.98. The second kappa shape index (κ2) is 6.84. The number of aromatic nitrogens is 2. The lowest BCUT2D eigenvalue weighted by Gasteiger charge is -2.43. The average Bonchev–Trinajstić information content (AvgIpc) is 3.12. The van der Waals surface area contributed by atoms with Crippen molar-refractivity contribution in [1.29, 1.82) is 0 Å². The zero-order valence-electron chi connectivity index (χ0n) is 14.5. The highest BCUT2D eigenvalue weighted by molar-refractivity contribution is 5.84. The molecule has 1 aliphatic heterocycles. The predicted molar refractivity (Wildman–Crippen MR) is 91.5 cm³/mol. The molecule has 2 heterocycles. The number of likely N-dealkylation sites (tertiary alicyclic amines) is 1.